The Bertz CT molecular complexity index is 2160. The summed E-state index contributed by atoms with van der Waals surface area (Å²) in [5.74, 6) is -1.23. The highest BCUT2D eigenvalue weighted by atomic mass is 32.2. The summed E-state index contributed by atoms with van der Waals surface area (Å²) < 4.78 is 40.2. The molecule has 0 saturated carbocycles. The van der Waals surface area contributed by atoms with Crippen molar-refractivity contribution in [2.45, 2.75) is 56.8 Å². The predicted molar refractivity (Wildman–Crippen MR) is 176 cm³/mol. The smallest absolute Gasteiger partial charge is 0.333 e. The molecule has 1 aromatic carbocycles. The van der Waals surface area contributed by atoms with Gasteiger partial charge in [-0.15, -0.1) is 0 Å². The maximum absolute atomic E-state index is 13.8. The number of rotatable bonds is 11. The normalized spacial score (nSPS) is 20.3. The maximum Gasteiger partial charge on any atom is 0.333 e. The number of nitriles is 1. The number of carboxylic acids is 1. The molecule has 2 saturated heterocycles. The Morgan fingerprint density at radius 3 is 2.71 bits per heavy atom. The number of benzene rings is 1. The molecule has 0 unspecified atom stereocenters. The SMILES string of the molecule is CCS(=O)(=O)N1CC(CC#N)(n2cc(-c3ncnc4c3ccn4C(=O)N(C)Cc3cc([N+](=O)[O-])ccc3O[C@H]3C[C@@H](O)C[C@@H](C(=O)O)O3)cn2)C1. The van der Waals surface area contributed by atoms with Gasteiger partial charge in [0.05, 0.1) is 47.7 Å². The van der Waals surface area contributed by atoms with Gasteiger partial charge in [0.15, 0.2) is 11.8 Å². The Morgan fingerprint density at radius 2 is 2.02 bits per heavy atom. The fourth-order valence-corrected chi connectivity index (χ4v) is 7.42. The van der Waals surface area contributed by atoms with E-state index in [9.17, 15) is 43.6 Å². The van der Waals surface area contributed by atoms with Gasteiger partial charge in [0.2, 0.25) is 16.3 Å². The van der Waals surface area contributed by atoms with Gasteiger partial charge in [0.25, 0.3) is 5.69 Å². The minimum Gasteiger partial charge on any atom is -0.479 e. The highest BCUT2D eigenvalue weighted by molar-refractivity contribution is 7.89. The van der Waals surface area contributed by atoms with E-state index in [2.05, 4.69) is 21.1 Å². The van der Waals surface area contributed by atoms with Crippen LogP contribution in [-0.4, -0.2) is 113 Å². The number of ether oxygens (including phenoxy) is 2. The predicted octanol–water partition coefficient (Wildman–Crippen LogP) is 1.91. The summed E-state index contributed by atoms with van der Waals surface area (Å²) in [6.45, 7) is 1.58. The molecule has 3 atom stereocenters. The van der Waals surface area contributed by atoms with Crippen LogP contribution in [0.3, 0.4) is 0 Å². The third kappa shape index (κ3) is 6.83. The number of aliphatic hydroxyl groups excluding tert-OH is 1. The number of sulfonamides is 1. The van der Waals surface area contributed by atoms with Gasteiger partial charge in [-0.1, -0.05) is 0 Å². The van der Waals surface area contributed by atoms with Crippen molar-refractivity contribution in [3.05, 3.63) is 64.9 Å². The number of aliphatic carboxylic acids is 1. The molecule has 6 rings (SSSR count). The molecule has 4 aromatic rings. The van der Waals surface area contributed by atoms with Crippen molar-refractivity contribution >= 4 is 38.7 Å². The average molecular weight is 724 g/mol. The molecule has 3 aromatic heterocycles. The average Bonchev–Trinajstić information content (AvgIpc) is 3.74. The van der Waals surface area contributed by atoms with Gasteiger partial charge in [-0.2, -0.15) is 14.7 Å². The van der Waals surface area contributed by atoms with Gasteiger partial charge in [0, 0.05) is 74.0 Å². The molecule has 19 nitrogen and oxygen atoms in total. The second-order valence-corrected chi connectivity index (χ2v) is 14.6. The molecular formula is C31H33N9O10S. The van der Waals surface area contributed by atoms with Crippen molar-refractivity contribution in [3.8, 4) is 23.1 Å². The summed E-state index contributed by atoms with van der Waals surface area (Å²) in [4.78, 5) is 46.2. The number of amides is 1. The molecular weight excluding hydrogens is 690 g/mol. The second kappa shape index (κ2) is 13.7. The summed E-state index contributed by atoms with van der Waals surface area (Å²) in [7, 11) is -1.96. The highest BCUT2D eigenvalue weighted by Crippen LogP contribution is 2.36. The molecule has 2 aliphatic heterocycles. The molecule has 0 radical (unpaired) electrons. The lowest BCUT2D eigenvalue weighted by atomic mass is 9.89. The first-order valence-corrected chi connectivity index (χ1v) is 17.3. The van der Waals surface area contributed by atoms with E-state index in [1.165, 1.54) is 51.5 Å². The minimum atomic E-state index is -3.44. The zero-order chi connectivity index (χ0) is 36.7. The van der Waals surface area contributed by atoms with Gasteiger partial charge < -0.3 is 24.6 Å². The molecule has 2 fully saturated rings. The highest BCUT2D eigenvalue weighted by Gasteiger charge is 2.49. The van der Waals surface area contributed by atoms with Gasteiger partial charge in [-0.05, 0) is 19.1 Å². The van der Waals surface area contributed by atoms with Crippen LogP contribution in [0.2, 0.25) is 0 Å². The summed E-state index contributed by atoms with van der Waals surface area (Å²) in [5, 5.41) is 45.6. The Labute approximate surface area is 290 Å². The Hall–Kier alpha value is -5.49. The van der Waals surface area contributed by atoms with Crippen LogP contribution < -0.4 is 4.74 Å². The number of nitrogens with zero attached hydrogens (tertiary/aromatic N) is 9. The quantitative estimate of drug-likeness (QED) is 0.166. The van der Waals surface area contributed by atoms with Crippen molar-refractivity contribution in [1.29, 1.82) is 5.26 Å². The molecule has 0 spiro atoms. The molecule has 2 aliphatic rings. The minimum absolute atomic E-state index is 0.0378. The number of non-ortho nitro benzene ring substituents is 1. The number of hydrogen-bond donors (Lipinski definition) is 2. The maximum atomic E-state index is 13.8. The van der Waals surface area contributed by atoms with E-state index in [0.29, 0.717) is 16.6 Å². The fraction of sp³-hybridized carbons (Fsp3) is 0.419. The van der Waals surface area contributed by atoms with E-state index in [1.807, 2.05) is 0 Å². The van der Waals surface area contributed by atoms with E-state index in [0.717, 1.165) is 0 Å². The summed E-state index contributed by atoms with van der Waals surface area (Å²) in [6, 6.07) is 6.97. The van der Waals surface area contributed by atoms with E-state index < -0.39 is 51.0 Å². The number of nitro groups is 1. The first-order valence-electron chi connectivity index (χ1n) is 15.7. The van der Waals surface area contributed by atoms with E-state index in [-0.39, 0.29) is 67.3 Å². The number of fused-ring (bicyclic) bond motifs is 1. The molecule has 51 heavy (non-hydrogen) atoms. The van der Waals surface area contributed by atoms with Gasteiger partial charge in [-0.3, -0.25) is 19.4 Å². The summed E-state index contributed by atoms with van der Waals surface area (Å²) in [5.41, 5.74) is 0.348. The van der Waals surface area contributed by atoms with E-state index >= 15 is 0 Å². The van der Waals surface area contributed by atoms with Crippen LogP contribution in [0, 0.1) is 21.4 Å². The zero-order valence-electron chi connectivity index (χ0n) is 27.4. The van der Waals surface area contributed by atoms with Gasteiger partial charge >= 0.3 is 12.0 Å². The Balaban J connectivity index is 1.24. The lowest BCUT2D eigenvalue weighted by molar-refractivity contribution is -0.385. The molecule has 0 aliphatic carbocycles. The molecule has 0 bridgehead atoms. The monoisotopic (exact) mass is 723 g/mol. The standard InChI is InChI=1S/C31H33N9O10S/c1-3-51(47,48)37-16-31(17-37,7-8-32)39-15-20(13-35-39)27-23-6-9-38(28(23)34-18-33-27)30(44)36(2)14-19-10-21(40(45)46)4-5-24(19)49-26-12-22(41)11-25(50-26)29(42)43/h4-6,9-10,13,15,18,22,25-26,41H,3,7,11-12,14,16-17H2,1-2H3,(H,42,43)/t22-,25-,26+/m0/s1. The molecule has 5 heterocycles. The fourth-order valence-electron chi connectivity index (χ4n) is 6.18. The topological polar surface area (TPSA) is 249 Å². The Kier molecular flexibility index (Phi) is 9.47. The van der Waals surface area contributed by atoms with Gasteiger partial charge in [-0.25, -0.2) is 28.0 Å². The number of carbonyl (C=O) groups is 2. The van der Waals surface area contributed by atoms with Crippen molar-refractivity contribution in [2.24, 2.45) is 0 Å². The zero-order valence-corrected chi connectivity index (χ0v) is 28.2. The first kappa shape index (κ1) is 35.3. The third-order valence-corrected chi connectivity index (χ3v) is 10.7. The van der Waals surface area contributed by atoms with Crippen LogP contribution in [0.5, 0.6) is 5.75 Å². The van der Waals surface area contributed by atoms with Crippen LogP contribution in [0.1, 0.15) is 31.7 Å². The molecule has 20 heteroatoms. The lowest BCUT2D eigenvalue weighted by Crippen LogP contribution is -2.64. The number of aromatic nitrogens is 5. The van der Waals surface area contributed by atoms with Crippen LogP contribution >= 0.6 is 0 Å². The van der Waals surface area contributed by atoms with Crippen LogP contribution in [0.25, 0.3) is 22.3 Å². The van der Waals surface area contributed by atoms with Crippen LogP contribution in [0.15, 0.2) is 49.2 Å². The van der Waals surface area contributed by atoms with Crippen LogP contribution in [-0.2, 0) is 31.6 Å². The van der Waals surface area contributed by atoms with Crippen molar-refractivity contribution in [1.82, 2.24) is 33.5 Å². The Morgan fingerprint density at radius 1 is 1.25 bits per heavy atom. The third-order valence-electron chi connectivity index (χ3n) is 8.93. The van der Waals surface area contributed by atoms with Crippen molar-refractivity contribution in [3.63, 3.8) is 0 Å². The van der Waals surface area contributed by atoms with E-state index in [1.54, 1.807) is 30.1 Å². The number of nitro benzene ring substituents is 1. The molecule has 1 amide bonds. The first-order chi connectivity index (χ1) is 24.2. The van der Waals surface area contributed by atoms with E-state index in [4.69, 9.17) is 9.47 Å². The largest absolute Gasteiger partial charge is 0.479 e. The van der Waals surface area contributed by atoms with Crippen molar-refractivity contribution in [2.75, 3.05) is 25.9 Å². The summed E-state index contributed by atoms with van der Waals surface area (Å²) >= 11 is 0. The number of carbonyl (C=O) groups excluding carboxylic acids is 1. The molecule has 268 valence electrons. The van der Waals surface area contributed by atoms with Crippen LogP contribution in [0.4, 0.5) is 10.5 Å². The number of aliphatic hydroxyl groups is 1. The second-order valence-electron chi connectivity index (χ2n) is 12.4. The van der Waals surface area contributed by atoms with Crippen molar-refractivity contribution < 1.29 is 42.6 Å². The molecule has 2 N–H and O–H groups in total. The van der Waals surface area contributed by atoms with Gasteiger partial charge in [0.1, 0.15) is 17.6 Å². The number of carboxylic acid groups (broad SMARTS) is 1. The summed E-state index contributed by atoms with van der Waals surface area (Å²) in [6.07, 6.45) is 2.40. The number of hydrogen-bond acceptors (Lipinski definition) is 13. The lowest BCUT2D eigenvalue weighted by Gasteiger charge is -2.47.